The number of nitrogens with one attached hydrogen (secondary N) is 1. The fourth-order valence-corrected chi connectivity index (χ4v) is 1.48. The first-order valence-electron chi connectivity index (χ1n) is 6.07. The van der Waals surface area contributed by atoms with Gasteiger partial charge < -0.3 is 29.2 Å². The van der Waals surface area contributed by atoms with E-state index < -0.39 is 6.10 Å². The van der Waals surface area contributed by atoms with E-state index in [1.54, 1.807) is 26.2 Å². The summed E-state index contributed by atoms with van der Waals surface area (Å²) in [6.45, 7) is 2.47. The van der Waals surface area contributed by atoms with Crippen LogP contribution in [0.5, 0.6) is 0 Å². The second kappa shape index (κ2) is 8.81. The smallest absolute Gasteiger partial charge is 0.318 e. The van der Waals surface area contributed by atoms with Crippen LogP contribution in [0.2, 0.25) is 0 Å². The van der Waals surface area contributed by atoms with Gasteiger partial charge in [-0.25, -0.2) is 0 Å². The average molecular weight is 274 g/mol. The monoisotopic (exact) mass is 274 g/mol. The van der Waals surface area contributed by atoms with Crippen molar-refractivity contribution >= 4 is 6.01 Å². The molecule has 0 aliphatic carbocycles. The normalized spacial score (nSPS) is 12.6. The van der Waals surface area contributed by atoms with E-state index in [9.17, 15) is 5.11 Å². The molecule has 1 atom stereocenters. The van der Waals surface area contributed by atoms with Crippen LogP contribution in [0.4, 0.5) is 6.01 Å². The summed E-state index contributed by atoms with van der Waals surface area (Å²) in [5.41, 5.74) is 0. The van der Waals surface area contributed by atoms with Crippen LogP contribution >= 0.6 is 0 Å². The lowest BCUT2D eigenvalue weighted by Crippen LogP contribution is -2.32. The van der Waals surface area contributed by atoms with Gasteiger partial charge in [0.25, 0.3) is 0 Å². The van der Waals surface area contributed by atoms with Gasteiger partial charge in [-0.3, -0.25) is 0 Å². The molecule has 1 unspecified atom stereocenters. The second-order valence-corrected chi connectivity index (χ2v) is 4.14. The molecule has 0 aliphatic rings. The number of methoxy groups -OCH3 is 2. The third-order valence-corrected chi connectivity index (χ3v) is 2.39. The summed E-state index contributed by atoms with van der Waals surface area (Å²) >= 11 is 0. The van der Waals surface area contributed by atoms with Crippen LogP contribution < -0.4 is 10.2 Å². The maximum absolute atomic E-state index is 9.61. The predicted molar refractivity (Wildman–Crippen MR) is 69.0 cm³/mol. The first-order chi connectivity index (χ1) is 9.17. The Hall–Kier alpha value is -1.22. The van der Waals surface area contributed by atoms with E-state index in [1.807, 2.05) is 0 Å². The topological polar surface area (TPSA) is 92.9 Å². The molecule has 0 aromatic carbocycles. The van der Waals surface area contributed by atoms with E-state index in [1.165, 1.54) is 0 Å². The quantitative estimate of drug-likeness (QED) is 0.538. The van der Waals surface area contributed by atoms with Gasteiger partial charge in [0, 0.05) is 27.8 Å². The molecule has 8 heteroatoms. The zero-order valence-electron chi connectivity index (χ0n) is 11.6. The molecule has 2 N–H and O–H groups in total. The molecule has 0 saturated carbocycles. The Bertz CT molecular complexity index is 347. The van der Waals surface area contributed by atoms with Crippen molar-refractivity contribution in [3.05, 3.63) is 5.89 Å². The first kappa shape index (κ1) is 15.8. The van der Waals surface area contributed by atoms with Crippen molar-refractivity contribution in [1.29, 1.82) is 0 Å². The average Bonchev–Trinajstić information content (AvgIpc) is 2.84. The third-order valence-electron chi connectivity index (χ3n) is 2.39. The second-order valence-electron chi connectivity index (χ2n) is 4.14. The number of aliphatic hydroxyl groups is 1. The lowest BCUT2D eigenvalue weighted by atomic mass is 10.3. The van der Waals surface area contributed by atoms with Gasteiger partial charge >= 0.3 is 6.01 Å². The summed E-state index contributed by atoms with van der Waals surface area (Å²) in [6.07, 6.45) is -0.592. The number of ether oxygens (including phenoxy) is 2. The number of hydrogen-bond donors (Lipinski definition) is 2. The Kier molecular flexibility index (Phi) is 7.34. The molecule has 1 rings (SSSR count). The number of nitrogens with zero attached hydrogens (tertiary/aromatic N) is 3. The minimum absolute atomic E-state index is 0.268. The van der Waals surface area contributed by atoms with Gasteiger partial charge in [0.15, 0.2) is 0 Å². The minimum atomic E-state index is -0.592. The summed E-state index contributed by atoms with van der Waals surface area (Å²) in [7, 11) is 4.96. The SMILES string of the molecule is COCCNCc1nnc(N(C)CC(O)COC)o1. The van der Waals surface area contributed by atoms with Crippen LogP contribution in [-0.4, -0.2) is 69.0 Å². The van der Waals surface area contributed by atoms with Crippen LogP contribution in [0.25, 0.3) is 0 Å². The molecule has 1 heterocycles. The fourth-order valence-electron chi connectivity index (χ4n) is 1.48. The number of likely N-dealkylation sites (N-methyl/N-ethyl adjacent to an activating group) is 1. The molecule has 0 spiro atoms. The van der Waals surface area contributed by atoms with Crippen molar-refractivity contribution in [1.82, 2.24) is 15.5 Å². The Labute approximate surface area is 112 Å². The van der Waals surface area contributed by atoms with E-state index in [0.717, 1.165) is 6.54 Å². The van der Waals surface area contributed by atoms with Crippen LogP contribution in [-0.2, 0) is 16.0 Å². The molecule has 0 amide bonds. The Morgan fingerprint density at radius 2 is 2.16 bits per heavy atom. The van der Waals surface area contributed by atoms with Crippen molar-refractivity contribution in [3.63, 3.8) is 0 Å². The molecular formula is C11H22N4O4. The molecule has 110 valence electrons. The largest absolute Gasteiger partial charge is 0.407 e. The number of anilines is 1. The highest BCUT2D eigenvalue weighted by atomic mass is 16.5. The number of rotatable bonds is 10. The number of aliphatic hydroxyl groups excluding tert-OH is 1. The highest BCUT2D eigenvalue weighted by Crippen LogP contribution is 2.10. The lowest BCUT2D eigenvalue weighted by molar-refractivity contribution is 0.0689. The Morgan fingerprint density at radius 3 is 2.84 bits per heavy atom. The molecule has 1 aromatic heterocycles. The predicted octanol–water partition coefficient (Wildman–Crippen LogP) is -0.751. The van der Waals surface area contributed by atoms with Crippen LogP contribution in [0, 0.1) is 0 Å². The van der Waals surface area contributed by atoms with Crippen molar-refractivity contribution in [3.8, 4) is 0 Å². The molecule has 0 aliphatic heterocycles. The lowest BCUT2D eigenvalue weighted by Gasteiger charge is -2.17. The molecule has 0 bridgehead atoms. The van der Waals surface area contributed by atoms with E-state index in [4.69, 9.17) is 13.9 Å². The van der Waals surface area contributed by atoms with Gasteiger partial charge in [-0.05, 0) is 0 Å². The maximum Gasteiger partial charge on any atom is 0.318 e. The van der Waals surface area contributed by atoms with Crippen LogP contribution in [0.1, 0.15) is 5.89 Å². The summed E-state index contributed by atoms with van der Waals surface area (Å²) in [6, 6.07) is 0.374. The number of aromatic nitrogens is 2. The van der Waals surface area contributed by atoms with Gasteiger partial charge in [-0.1, -0.05) is 5.10 Å². The van der Waals surface area contributed by atoms with E-state index >= 15 is 0 Å². The molecule has 19 heavy (non-hydrogen) atoms. The zero-order chi connectivity index (χ0) is 14.1. The summed E-state index contributed by atoms with van der Waals surface area (Å²) in [4.78, 5) is 1.69. The minimum Gasteiger partial charge on any atom is -0.407 e. The molecule has 1 aromatic rings. The summed E-state index contributed by atoms with van der Waals surface area (Å²) in [5.74, 6) is 0.499. The summed E-state index contributed by atoms with van der Waals surface area (Å²) in [5, 5.41) is 20.5. The van der Waals surface area contributed by atoms with E-state index in [-0.39, 0.29) is 6.61 Å². The fraction of sp³-hybridized carbons (Fsp3) is 0.818. The van der Waals surface area contributed by atoms with E-state index in [0.29, 0.717) is 31.6 Å². The van der Waals surface area contributed by atoms with Crippen molar-refractivity contribution in [2.45, 2.75) is 12.6 Å². The van der Waals surface area contributed by atoms with Crippen LogP contribution in [0.3, 0.4) is 0 Å². The Balaban J connectivity index is 2.36. The van der Waals surface area contributed by atoms with Crippen molar-refractivity contribution in [2.75, 3.05) is 52.5 Å². The molecule has 0 saturated heterocycles. The Morgan fingerprint density at radius 1 is 1.37 bits per heavy atom. The number of hydrogen-bond acceptors (Lipinski definition) is 8. The van der Waals surface area contributed by atoms with Crippen molar-refractivity contribution in [2.24, 2.45) is 0 Å². The van der Waals surface area contributed by atoms with Crippen molar-refractivity contribution < 1.29 is 19.0 Å². The molecule has 8 nitrogen and oxygen atoms in total. The van der Waals surface area contributed by atoms with E-state index in [2.05, 4.69) is 15.5 Å². The molecule has 0 radical (unpaired) electrons. The van der Waals surface area contributed by atoms with Gasteiger partial charge in [-0.2, -0.15) is 0 Å². The van der Waals surface area contributed by atoms with Crippen LogP contribution in [0.15, 0.2) is 4.42 Å². The molecule has 0 fully saturated rings. The highest BCUT2D eigenvalue weighted by molar-refractivity contribution is 5.22. The first-order valence-corrected chi connectivity index (χ1v) is 6.07. The van der Waals surface area contributed by atoms with Gasteiger partial charge in [0.2, 0.25) is 5.89 Å². The highest BCUT2D eigenvalue weighted by Gasteiger charge is 2.14. The van der Waals surface area contributed by atoms with Gasteiger partial charge in [0.1, 0.15) is 0 Å². The standard InChI is InChI=1S/C11H22N4O4/c1-15(7-9(16)8-18-3)11-14-13-10(19-11)6-12-4-5-17-2/h9,12,16H,4-8H2,1-3H3. The summed E-state index contributed by atoms with van der Waals surface area (Å²) < 4.78 is 15.2. The third kappa shape index (κ3) is 5.97. The van der Waals surface area contributed by atoms with Gasteiger partial charge in [-0.15, -0.1) is 5.10 Å². The van der Waals surface area contributed by atoms with Gasteiger partial charge in [0.05, 0.1) is 32.4 Å². The maximum atomic E-state index is 9.61. The zero-order valence-corrected chi connectivity index (χ0v) is 11.6. The molecular weight excluding hydrogens is 252 g/mol.